The molecule has 0 atom stereocenters. The minimum Gasteiger partial charge on any atom is -0.258 e. The highest BCUT2D eigenvalue weighted by atomic mass is 14.7. The van der Waals surface area contributed by atoms with Crippen LogP contribution in [0.2, 0.25) is 0 Å². The lowest BCUT2D eigenvalue weighted by atomic mass is 9.77. The lowest BCUT2D eigenvalue weighted by Crippen LogP contribution is -2.20. The van der Waals surface area contributed by atoms with E-state index >= 15 is 0 Å². The van der Waals surface area contributed by atoms with Crippen LogP contribution in [0.3, 0.4) is 0 Å². The van der Waals surface area contributed by atoms with Gasteiger partial charge in [0.2, 0.25) is 0 Å². The number of aromatic nitrogens is 1. The second-order valence-electron chi connectivity index (χ2n) is 6.67. The maximum Gasteiger partial charge on any atom is 0.0442 e. The third-order valence-electron chi connectivity index (χ3n) is 3.78. The minimum absolute atomic E-state index is 0.238. The molecule has 0 N–H and O–H groups in total. The summed E-state index contributed by atoms with van der Waals surface area (Å²) in [6, 6.07) is 0. The second kappa shape index (κ2) is 4.12. The van der Waals surface area contributed by atoms with E-state index in [4.69, 9.17) is 4.98 Å². The quantitative estimate of drug-likeness (QED) is 0.702. The smallest absolute Gasteiger partial charge is 0.0442 e. The van der Waals surface area contributed by atoms with Crippen LogP contribution in [0.15, 0.2) is 0 Å². The molecule has 0 spiro atoms. The van der Waals surface area contributed by atoms with Gasteiger partial charge in [0.15, 0.2) is 0 Å². The van der Waals surface area contributed by atoms with Crippen molar-refractivity contribution in [3.05, 3.63) is 28.1 Å². The van der Waals surface area contributed by atoms with Gasteiger partial charge in [-0.3, -0.25) is 4.98 Å². The van der Waals surface area contributed by atoms with E-state index in [-0.39, 0.29) is 5.41 Å². The Labute approximate surface area is 106 Å². The molecule has 1 aliphatic rings. The van der Waals surface area contributed by atoms with Crippen LogP contribution in [-0.4, -0.2) is 4.98 Å². The van der Waals surface area contributed by atoms with E-state index in [0.29, 0.717) is 5.92 Å². The number of pyridine rings is 1. The summed E-state index contributed by atoms with van der Waals surface area (Å²) in [7, 11) is 0. The molecule has 1 nitrogen and oxygen atoms in total. The van der Waals surface area contributed by atoms with Gasteiger partial charge < -0.3 is 0 Å². The van der Waals surface area contributed by atoms with Gasteiger partial charge in [-0.05, 0) is 54.2 Å². The third kappa shape index (κ3) is 2.12. The maximum absolute atomic E-state index is 4.85. The first kappa shape index (κ1) is 12.6. The lowest BCUT2D eigenvalue weighted by Gasteiger charge is -2.29. The Hall–Kier alpha value is -0.850. The van der Waals surface area contributed by atoms with Crippen LogP contribution in [0.25, 0.3) is 0 Å². The molecule has 1 aromatic rings. The van der Waals surface area contributed by atoms with E-state index in [2.05, 4.69) is 41.5 Å². The Bertz CT molecular complexity index is 436. The van der Waals surface area contributed by atoms with E-state index in [0.717, 1.165) is 0 Å². The van der Waals surface area contributed by atoms with Gasteiger partial charge in [-0.25, -0.2) is 0 Å². The highest BCUT2D eigenvalue weighted by Gasteiger charge is 2.29. The molecule has 0 unspecified atom stereocenters. The van der Waals surface area contributed by atoms with Crippen LogP contribution < -0.4 is 0 Å². The molecule has 0 saturated carbocycles. The van der Waals surface area contributed by atoms with Crippen molar-refractivity contribution >= 4 is 0 Å². The minimum atomic E-state index is 0.238. The van der Waals surface area contributed by atoms with Gasteiger partial charge in [-0.15, -0.1) is 0 Å². The molecule has 0 aliphatic heterocycles. The average molecular weight is 231 g/mol. The first-order valence-corrected chi connectivity index (χ1v) is 6.85. The topological polar surface area (TPSA) is 12.9 Å². The second-order valence-corrected chi connectivity index (χ2v) is 6.67. The van der Waals surface area contributed by atoms with E-state index < -0.39 is 0 Å². The molecule has 2 rings (SSSR count). The van der Waals surface area contributed by atoms with Gasteiger partial charge in [0.25, 0.3) is 0 Å². The van der Waals surface area contributed by atoms with Crippen LogP contribution >= 0.6 is 0 Å². The molecule has 0 amide bonds. The van der Waals surface area contributed by atoms with Gasteiger partial charge in [0.1, 0.15) is 0 Å². The largest absolute Gasteiger partial charge is 0.258 e. The highest BCUT2D eigenvalue weighted by Crippen LogP contribution is 2.39. The summed E-state index contributed by atoms with van der Waals surface area (Å²) >= 11 is 0. The number of rotatable bonds is 1. The summed E-state index contributed by atoms with van der Waals surface area (Å²) in [5.74, 6) is 0.572. The summed E-state index contributed by atoms with van der Waals surface area (Å²) in [6.07, 6.45) is 3.69. The molecule has 0 radical (unpaired) electrons. The van der Waals surface area contributed by atoms with Crippen molar-refractivity contribution in [2.75, 3.05) is 0 Å². The Kier molecular flexibility index (Phi) is 3.05. The Morgan fingerprint density at radius 3 is 2.29 bits per heavy atom. The fourth-order valence-corrected chi connectivity index (χ4v) is 3.29. The average Bonchev–Trinajstić information content (AvgIpc) is 2.60. The van der Waals surface area contributed by atoms with Gasteiger partial charge >= 0.3 is 0 Å². The standard InChI is InChI=1S/C16H25N/c1-10(2)14-11(3)17-13-9-7-8-12(13)15(14)16(4,5)6/h10H,7-9H2,1-6H3. The Balaban J connectivity index is 2.75. The zero-order valence-electron chi connectivity index (χ0n) is 12.1. The summed E-state index contributed by atoms with van der Waals surface area (Å²) in [5.41, 5.74) is 7.52. The number of nitrogens with zero attached hydrogens (tertiary/aromatic N) is 1. The van der Waals surface area contributed by atoms with Gasteiger partial charge in [-0.2, -0.15) is 0 Å². The Morgan fingerprint density at radius 2 is 1.76 bits per heavy atom. The monoisotopic (exact) mass is 231 g/mol. The fraction of sp³-hybridized carbons (Fsp3) is 0.688. The maximum atomic E-state index is 4.85. The lowest BCUT2D eigenvalue weighted by molar-refractivity contribution is 0.566. The molecule has 1 aliphatic carbocycles. The molecule has 1 heterocycles. The summed E-state index contributed by atoms with van der Waals surface area (Å²) < 4.78 is 0. The van der Waals surface area contributed by atoms with E-state index in [1.807, 2.05) is 0 Å². The van der Waals surface area contributed by atoms with Gasteiger partial charge in [0.05, 0.1) is 0 Å². The van der Waals surface area contributed by atoms with E-state index in [9.17, 15) is 0 Å². The van der Waals surface area contributed by atoms with Crippen LogP contribution in [0.5, 0.6) is 0 Å². The predicted octanol–water partition coefficient (Wildman–Crippen LogP) is 4.30. The van der Waals surface area contributed by atoms with Gasteiger partial charge in [0, 0.05) is 11.4 Å². The predicted molar refractivity (Wildman–Crippen MR) is 73.8 cm³/mol. The van der Waals surface area contributed by atoms with E-state index in [1.54, 1.807) is 11.1 Å². The van der Waals surface area contributed by atoms with Crippen molar-refractivity contribution in [3.63, 3.8) is 0 Å². The summed E-state index contributed by atoms with van der Waals surface area (Å²) in [6.45, 7) is 13.8. The van der Waals surface area contributed by atoms with Crippen molar-refractivity contribution in [2.24, 2.45) is 0 Å². The van der Waals surface area contributed by atoms with Crippen molar-refractivity contribution < 1.29 is 0 Å². The fourth-order valence-electron chi connectivity index (χ4n) is 3.29. The molecule has 0 bridgehead atoms. The molecular formula is C16H25N. The summed E-state index contributed by atoms with van der Waals surface area (Å²) in [5, 5.41) is 0. The highest BCUT2D eigenvalue weighted by molar-refractivity contribution is 5.47. The SMILES string of the molecule is Cc1nc2c(c(C(C)(C)C)c1C(C)C)CCC2. The molecule has 17 heavy (non-hydrogen) atoms. The van der Waals surface area contributed by atoms with Gasteiger partial charge in [-0.1, -0.05) is 34.6 Å². The van der Waals surface area contributed by atoms with Crippen LogP contribution in [-0.2, 0) is 18.3 Å². The molecule has 1 aromatic heterocycles. The van der Waals surface area contributed by atoms with Crippen LogP contribution in [0, 0.1) is 6.92 Å². The van der Waals surface area contributed by atoms with Crippen LogP contribution in [0.1, 0.15) is 75.0 Å². The molecule has 0 saturated heterocycles. The molecular weight excluding hydrogens is 206 g/mol. The molecule has 0 aromatic carbocycles. The van der Waals surface area contributed by atoms with Crippen molar-refractivity contribution in [3.8, 4) is 0 Å². The number of aryl methyl sites for hydroxylation is 2. The normalized spacial score (nSPS) is 15.5. The van der Waals surface area contributed by atoms with Crippen molar-refractivity contribution in [1.29, 1.82) is 0 Å². The van der Waals surface area contributed by atoms with Crippen molar-refractivity contribution in [1.82, 2.24) is 4.98 Å². The van der Waals surface area contributed by atoms with Crippen molar-refractivity contribution in [2.45, 2.75) is 72.1 Å². The summed E-state index contributed by atoms with van der Waals surface area (Å²) in [4.78, 5) is 4.85. The number of hydrogen-bond acceptors (Lipinski definition) is 1. The zero-order chi connectivity index (χ0) is 12.8. The third-order valence-corrected chi connectivity index (χ3v) is 3.78. The first-order valence-electron chi connectivity index (χ1n) is 6.85. The molecule has 0 fully saturated rings. The molecule has 1 heteroatoms. The number of hydrogen-bond donors (Lipinski definition) is 0. The molecule has 94 valence electrons. The Morgan fingerprint density at radius 1 is 1.12 bits per heavy atom. The first-order chi connectivity index (χ1) is 7.82. The van der Waals surface area contributed by atoms with E-state index in [1.165, 1.54) is 36.2 Å². The number of fused-ring (bicyclic) bond motifs is 1. The zero-order valence-corrected chi connectivity index (χ0v) is 12.1. The van der Waals surface area contributed by atoms with Crippen LogP contribution in [0.4, 0.5) is 0 Å².